The van der Waals surface area contributed by atoms with Crippen molar-refractivity contribution < 1.29 is 26.4 Å². The fraction of sp³-hybridized carbons (Fsp3) is 0.188. The Morgan fingerprint density at radius 1 is 1.08 bits per heavy atom. The first kappa shape index (κ1) is 18.9. The largest absolute Gasteiger partial charge is 0.416 e. The molecule has 1 amide bonds. The zero-order chi connectivity index (χ0) is 18.8. The van der Waals surface area contributed by atoms with Crippen LogP contribution in [0.15, 0.2) is 47.4 Å². The molecule has 2 aromatic carbocycles. The van der Waals surface area contributed by atoms with E-state index in [1.165, 1.54) is 37.4 Å². The molecule has 0 aromatic heterocycles. The molecule has 0 atom stereocenters. The van der Waals surface area contributed by atoms with Crippen LogP contribution in [0.3, 0.4) is 0 Å². The molecular weight excluding hydrogens is 357 g/mol. The van der Waals surface area contributed by atoms with Gasteiger partial charge in [-0.15, -0.1) is 0 Å². The van der Waals surface area contributed by atoms with E-state index in [4.69, 9.17) is 0 Å². The van der Waals surface area contributed by atoms with Crippen molar-refractivity contribution in [3.63, 3.8) is 0 Å². The summed E-state index contributed by atoms with van der Waals surface area (Å²) in [5.41, 5.74) is -0.400. The Hall–Kier alpha value is -2.39. The number of alkyl halides is 3. The van der Waals surface area contributed by atoms with E-state index < -0.39 is 27.7 Å². The first-order valence-corrected chi connectivity index (χ1v) is 8.56. The molecule has 134 valence electrons. The Bertz CT molecular complexity index is 909. The number of anilines is 1. The second-order valence-electron chi connectivity index (χ2n) is 5.22. The standard InChI is InChI=1S/C16H15F3N2O3S/c1-10-6-7-13(25(23,24)20-2)9-14(10)15(22)21-12-5-3-4-11(8-12)16(17,18)19/h3-9,20H,1-2H3,(H,21,22). The van der Waals surface area contributed by atoms with E-state index >= 15 is 0 Å². The summed E-state index contributed by atoms with van der Waals surface area (Å²) in [5, 5.41) is 2.35. The smallest absolute Gasteiger partial charge is 0.322 e. The molecule has 25 heavy (non-hydrogen) atoms. The summed E-state index contributed by atoms with van der Waals surface area (Å²) >= 11 is 0. The molecule has 0 heterocycles. The minimum atomic E-state index is -4.53. The van der Waals surface area contributed by atoms with Gasteiger partial charge in [0.1, 0.15) is 0 Å². The Balaban J connectivity index is 2.35. The maximum atomic E-state index is 12.7. The van der Waals surface area contributed by atoms with Crippen LogP contribution in [0, 0.1) is 6.92 Å². The topological polar surface area (TPSA) is 75.3 Å². The first-order chi connectivity index (χ1) is 11.5. The first-order valence-electron chi connectivity index (χ1n) is 7.07. The number of hydrogen-bond acceptors (Lipinski definition) is 3. The normalized spacial score (nSPS) is 12.0. The van der Waals surface area contributed by atoms with Gasteiger partial charge in [0.2, 0.25) is 10.0 Å². The van der Waals surface area contributed by atoms with Gasteiger partial charge in [0.05, 0.1) is 10.5 Å². The Kier molecular flexibility index (Phi) is 5.19. The van der Waals surface area contributed by atoms with Crippen LogP contribution < -0.4 is 10.0 Å². The van der Waals surface area contributed by atoms with Gasteiger partial charge in [0.25, 0.3) is 5.91 Å². The molecule has 5 nitrogen and oxygen atoms in total. The van der Waals surface area contributed by atoms with Crippen molar-refractivity contribution in [3.05, 3.63) is 59.2 Å². The van der Waals surface area contributed by atoms with Crippen molar-refractivity contribution in [2.24, 2.45) is 0 Å². The van der Waals surface area contributed by atoms with Gasteiger partial charge in [-0.25, -0.2) is 13.1 Å². The molecule has 0 spiro atoms. The zero-order valence-corrected chi connectivity index (χ0v) is 14.1. The van der Waals surface area contributed by atoms with Crippen LogP contribution in [0.1, 0.15) is 21.5 Å². The van der Waals surface area contributed by atoms with Gasteiger partial charge in [-0.05, 0) is 49.9 Å². The fourth-order valence-electron chi connectivity index (χ4n) is 2.10. The van der Waals surface area contributed by atoms with Gasteiger partial charge in [-0.2, -0.15) is 13.2 Å². The van der Waals surface area contributed by atoms with E-state index in [9.17, 15) is 26.4 Å². The molecular formula is C16H15F3N2O3S. The highest BCUT2D eigenvalue weighted by Gasteiger charge is 2.30. The van der Waals surface area contributed by atoms with Crippen LogP contribution in [0.4, 0.5) is 18.9 Å². The van der Waals surface area contributed by atoms with Crippen LogP contribution in [0.25, 0.3) is 0 Å². The van der Waals surface area contributed by atoms with Gasteiger partial charge < -0.3 is 5.32 Å². The van der Waals surface area contributed by atoms with Crippen molar-refractivity contribution in [1.82, 2.24) is 4.72 Å². The molecule has 9 heteroatoms. The number of benzene rings is 2. The summed E-state index contributed by atoms with van der Waals surface area (Å²) in [6.45, 7) is 1.59. The molecule has 0 aliphatic carbocycles. The molecule has 0 fully saturated rings. The molecule has 0 radical (unpaired) electrons. The van der Waals surface area contributed by atoms with E-state index in [2.05, 4.69) is 10.0 Å². The number of halogens is 3. The van der Waals surface area contributed by atoms with E-state index in [1.807, 2.05) is 0 Å². The van der Waals surface area contributed by atoms with Crippen molar-refractivity contribution in [2.75, 3.05) is 12.4 Å². The van der Waals surface area contributed by atoms with Crippen LogP contribution in [-0.2, 0) is 16.2 Å². The van der Waals surface area contributed by atoms with E-state index in [-0.39, 0.29) is 16.1 Å². The number of rotatable bonds is 4. The highest BCUT2D eigenvalue weighted by Crippen LogP contribution is 2.30. The maximum absolute atomic E-state index is 12.7. The monoisotopic (exact) mass is 372 g/mol. The average Bonchev–Trinajstić information content (AvgIpc) is 2.54. The number of carbonyl (C=O) groups is 1. The van der Waals surface area contributed by atoms with E-state index in [0.717, 1.165) is 12.1 Å². The van der Waals surface area contributed by atoms with Gasteiger partial charge in [0.15, 0.2) is 0 Å². The maximum Gasteiger partial charge on any atom is 0.416 e. The zero-order valence-electron chi connectivity index (χ0n) is 13.3. The Labute approximate surface area is 142 Å². The third-order valence-corrected chi connectivity index (χ3v) is 4.89. The highest BCUT2D eigenvalue weighted by molar-refractivity contribution is 7.89. The number of hydrogen-bond donors (Lipinski definition) is 2. The van der Waals surface area contributed by atoms with Crippen molar-refractivity contribution in [1.29, 1.82) is 0 Å². The molecule has 2 N–H and O–H groups in total. The second-order valence-corrected chi connectivity index (χ2v) is 7.10. The summed E-state index contributed by atoms with van der Waals surface area (Å²) < 4.78 is 64.0. The lowest BCUT2D eigenvalue weighted by atomic mass is 10.1. The minimum absolute atomic E-state index is 0.0406. The lowest BCUT2D eigenvalue weighted by Crippen LogP contribution is -2.20. The molecule has 2 rings (SSSR count). The predicted octanol–water partition coefficient (Wildman–Crippen LogP) is 3.17. The van der Waals surface area contributed by atoms with Gasteiger partial charge in [-0.3, -0.25) is 4.79 Å². The molecule has 2 aromatic rings. The second kappa shape index (κ2) is 6.85. The molecule has 0 aliphatic heterocycles. The number of carbonyl (C=O) groups excluding carboxylic acids is 1. The SMILES string of the molecule is CNS(=O)(=O)c1ccc(C)c(C(=O)Nc2cccc(C(F)(F)F)c2)c1. The number of aryl methyl sites for hydroxylation is 1. The number of amides is 1. The molecule has 0 saturated heterocycles. The minimum Gasteiger partial charge on any atom is -0.322 e. The number of nitrogens with one attached hydrogen (secondary N) is 2. The van der Waals surface area contributed by atoms with Crippen molar-refractivity contribution in [2.45, 2.75) is 18.0 Å². The van der Waals surface area contributed by atoms with Gasteiger partial charge >= 0.3 is 6.18 Å². The lowest BCUT2D eigenvalue weighted by Gasteiger charge is -2.12. The molecule has 0 aliphatic rings. The fourth-order valence-corrected chi connectivity index (χ4v) is 2.86. The van der Waals surface area contributed by atoms with Crippen LogP contribution in [0.5, 0.6) is 0 Å². The summed E-state index contributed by atoms with van der Waals surface area (Å²) in [7, 11) is -2.51. The number of sulfonamides is 1. The van der Waals surface area contributed by atoms with Crippen molar-refractivity contribution in [3.8, 4) is 0 Å². The summed E-state index contributed by atoms with van der Waals surface area (Å²) in [6, 6.07) is 8.14. The van der Waals surface area contributed by atoms with Crippen LogP contribution >= 0.6 is 0 Å². The summed E-state index contributed by atoms with van der Waals surface area (Å²) in [5.74, 6) is -0.704. The van der Waals surface area contributed by atoms with E-state index in [1.54, 1.807) is 6.92 Å². The van der Waals surface area contributed by atoms with Crippen LogP contribution in [0.2, 0.25) is 0 Å². The highest BCUT2D eigenvalue weighted by atomic mass is 32.2. The third kappa shape index (κ3) is 4.37. The van der Waals surface area contributed by atoms with Gasteiger partial charge in [-0.1, -0.05) is 12.1 Å². The van der Waals surface area contributed by atoms with Crippen molar-refractivity contribution >= 4 is 21.6 Å². The molecule has 0 saturated carbocycles. The predicted molar refractivity (Wildman–Crippen MR) is 86.8 cm³/mol. The Morgan fingerprint density at radius 2 is 1.76 bits per heavy atom. The Morgan fingerprint density at radius 3 is 2.36 bits per heavy atom. The lowest BCUT2D eigenvalue weighted by molar-refractivity contribution is -0.137. The quantitative estimate of drug-likeness (QED) is 0.866. The summed E-state index contributed by atoms with van der Waals surface area (Å²) in [4.78, 5) is 12.2. The average molecular weight is 372 g/mol. The molecule has 0 bridgehead atoms. The molecule has 0 unspecified atom stereocenters. The summed E-state index contributed by atoms with van der Waals surface area (Å²) in [6.07, 6.45) is -4.53. The van der Waals surface area contributed by atoms with Crippen LogP contribution in [-0.4, -0.2) is 21.4 Å². The third-order valence-electron chi connectivity index (χ3n) is 3.48. The van der Waals surface area contributed by atoms with E-state index in [0.29, 0.717) is 5.56 Å². The van der Waals surface area contributed by atoms with Gasteiger partial charge in [0, 0.05) is 11.3 Å².